The van der Waals surface area contributed by atoms with E-state index in [9.17, 15) is 9.18 Å². The first-order valence-corrected chi connectivity index (χ1v) is 8.46. The van der Waals surface area contributed by atoms with Gasteiger partial charge in [0, 0.05) is 13.7 Å². The van der Waals surface area contributed by atoms with Crippen LogP contribution in [-0.4, -0.2) is 32.8 Å². The van der Waals surface area contributed by atoms with Crippen LogP contribution < -0.4 is 15.8 Å². The molecule has 1 amide bonds. The van der Waals surface area contributed by atoms with Gasteiger partial charge in [0.2, 0.25) is 5.91 Å². The number of rotatable bonds is 9. The molecule has 2 unspecified atom stereocenters. The molecule has 2 aromatic carbocycles. The van der Waals surface area contributed by atoms with Crippen LogP contribution in [0.25, 0.3) is 0 Å². The number of benzene rings is 2. The SMILES string of the molecule is COc1ccc(C(Cc2ccc(F)cc2)NC(=O)CC(CN)OC)cc1.Cl. The minimum Gasteiger partial charge on any atom is -0.497 e. The standard InChI is InChI=1S/C20H25FN2O3.ClH/c1-25-17-9-5-15(6-10-17)19(11-14-3-7-16(21)8-4-14)23-20(24)12-18(13-22)26-2;/h3-10,18-19H,11-13,22H2,1-2H3,(H,23,24);1H. The number of halogens is 2. The highest BCUT2D eigenvalue weighted by Crippen LogP contribution is 2.22. The first-order valence-electron chi connectivity index (χ1n) is 8.46. The van der Waals surface area contributed by atoms with Crippen LogP contribution in [-0.2, 0) is 16.0 Å². The van der Waals surface area contributed by atoms with E-state index in [1.54, 1.807) is 19.2 Å². The highest BCUT2D eigenvalue weighted by atomic mass is 35.5. The second-order valence-electron chi connectivity index (χ2n) is 6.02. The van der Waals surface area contributed by atoms with Gasteiger partial charge >= 0.3 is 0 Å². The Kier molecular flexibility index (Phi) is 9.78. The van der Waals surface area contributed by atoms with Crippen LogP contribution in [0.15, 0.2) is 48.5 Å². The van der Waals surface area contributed by atoms with E-state index >= 15 is 0 Å². The highest BCUT2D eigenvalue weighted by Gasteiger charge is 2.18. The molecule has 3 N–H and O–H groups in total. The molecule has 0 heterocycles. The second-order valence-corrected chi connectivity index (χ2v) is 6.02. The fourth-order valence-electron chi connectivity index (χ4n) is 2.67. The average molecular weight is 397 g/mol. The van der Waals surface area contributed by atoms with Crippen LogP contribution in [0.1, 0.15) is 23.6 Å². The maximum atomic E-state index is 13.2. The van der Waals surface area contributed by atoms with E-state index in [-0.39, 0.29) is 49.2 Å². The number of nitrogens with one attached hydrogen (secondary N) is 1. The molecular weight excluding hydrogens is 371 g/mol. The zero-order valence-electron chi connectivity index (χ0n) is 15.5. The van der Waals surface area contributed by atoms with Crippen LogP contribution in [0.2, 0.25) is 0 Å². The molecule has 0 aromatic heterocycles. The minimum atomic E-state index is -0.322. The zero-order valence-corrected chi connectivity index (χ0v) is 16.3. The van der Waals surface area contributed by atoms with Gasteiger partial charge in [-0.1, -0.05) is 24.3 Å². The third-order valence-electron chi connectivity index (χ3n) is 4.22. The Morgan fingerprint density at radius 1 is 1.11 bits per heavy atom. The molecule has 2 aromatic rings. The van der Waals surface area contributed by atoms with Crippen LogP contribution in [0, 0.1) is 5.82 Å². The largest absolute Gasteiger partial charge is 0.497 e. The van der Waals surface area contributed by atoms with Crippen LogP contribution in [0.5, 0.6) is 5.75 Å². The molecular formula is C20H26ClFN2O3. The van der Waals surface area contributed by atoms with Gasteiger partial charge in [-0.05, 0) is 41.8 Å². The van der Waals surface area contributed by atoms with Gasteiger partial charge < -0.3 is 20.5 Å². The van der Waals surface area contributed by atoms with Crippen molar-refractivity contribution < 1.29 is 18.7 Å². The summed E-state index contributed by atoms with van der Waals surface area (Å²) in [7, 11) is 3.13. The number of nitrogens with two attached hydrogens (primary N) is 1. The normalized spacial score (nSPS) is 12.6. The molecule has 0 saturated heterocycles. The van der Waals surface area contributed by atoms with Gasteiger partial charge in [0.1, 0.15) is 11.6 Å². The predicted molar refractivity (Wildman–Crippen MR) is 106 cm³/mol. The van der Waals surface area contributed by atoms with E-state index in [1.807, 2.05) is 24.3 Å². The van der Waals surface area contributed by atoms with E-state index in [0.29, 0.717) is 6.42 Å². The van der Waals surface area contributed by atoms with Crippen molar-refractivity contribution in [3.8, 4) is 5.75 Å². The van der Waals surface area contributed by atoms with E-state index < -0.39 is 0 Å². The molecule has 0 saturated carbocycles. The molecule has 5 nitrogen and oxygen atoms in total. The van der Waals surface area contributed by atoms with Crippen molar-refractivity contribution in [1.29, 1.82) is 0 Å². The molecule has 0 spiro atoms. The van der Waals surface area contributed by atoms with Crippen molar-refractivity contribution in [2.45, 2.75) is 25.0 Å². The van der Waals surface area contributed by atoms with Crippen molar-refractivity contribution in [3.63, 3.8) is 0 Å². The summed E-state index contributed by atoms with van der Waals surface area (Å²) in [6.07, 6.45) is 0.402. The quantitative estimate of drug-likeness (QED) is 0.683. The lowest BCUT2D eigenvalue weighted by Gasteiger charge is -2.21. The average Bonchev–Trinajstić information content (AvgIpc) is 2.67. The fraction of sp³-hybridized carbons (Fsp3) is 0.350. The van der Waals surface area contributed by atoms with Crippen molar-refractivity contribution in [1.82, 2.24) is 5.32 Å². The summed E-state index contributed by atoms with van der Waals surface area (Å²) in [4.78, 5) is 12.4. The summed E-state index contributed by atoms with van der Waals surface area (Å²) in [6, 6.07) is 13.5. The Hall–Kier alpha value is -2.15. The van der Waals surface area contributed by atoms with E-state index in [2.05, 4.69) is 5.32 Å². The Bertz CT molecular complexity index is 691. The van der Waals surface area contributed by atoms with Crippen LogP contribution >= 0.6 is 12.4 Å². The summed E-state index contributed by atoms with van der Waals surface area (Å²) < 4.78 is 23.5. The van der Waals surface area contributed by atoms with Crippen LogP contribution in [0.4, 0.5) is 4.39 Å². The Labute approximate surface area is 165 Å². The summed E-state index contributed by atoms with van der Waals surface area (Å²) in [5, 5.41) is 3.02. The van der Waals surface area contributed by atoms with Gasteiger partial charge in [0.25, 0.3) is 0 Å². The fourth-order valence-corrected chi connectivity index (χ4v) is 2.67. The van der Waals surface area contributed by atoms with Gasteiger partial charge in [0.05, 0.1) is 25.7 Å². The number of carbonyl (C=O) groups is 1. The van der Waals surface area contributed by atoms with Crippen LogP contribution in [0.3, 0.4) is 0 Å². The zero-order chi connectivity index (χ0) is 18.9. The van der Waals surface area contributed by atoms with E-state index in [4.69, 9.17) is 15.2 Å². The number of carbonyl (C=O) groups excluding carboxylic acids is 1. The number of hydrogen-bond acceptors (Lipinski definition) is 4. The number of ether oxygens (including phenoxy) is 2. The number of hydrogen-bond donors (Lipinski definition) is 2. The third-order valence-corrected chi connectivity index (χ3v) is 4.22. The highest BCUT2D eigenvalue weighted by molar-refractivity contribution is 5.85. The van der Waals surface area contributed by atoms with Gasteiger partial charge in [0.15, 0.2) is 0 Å². The first-order chi connectivity index (χ1) is 12.5. The van der Waals surface area contributed by atoms with Gasteiger partial charge in [-0.2, -0.15) is 0 Å². The lowest BCUT2D eigenvalue weighted by molar-refractivity contribution is -0.124. The molecule has 0 bridgehead atoms. The Balaban J connectivity index is 0.00000364. The van der Waals surface area contributed by atoms with Gasteiger partial charge in [-0.3, -0.25) is 4.79 Å². The smallest absolute Gasteiger partial charge is 0.223 e. The maximum Gasteiger partial charge on any atom is 0.223 e. The summed E-state index contributed by atoms with van der Waals surface area (Å²) in [6.45, 7) is 0.273. The molecule has 0 aliphatic carbocycles. The topological polar surface area (TPSA) is 73.6 Å². The number of methoxy groups -OCH3 is 2. The van der Waals surface area contributed by atoms with Crippen molar-refractivity contribution in [2.75, 3.05) is 20.8 Å². The molecule has 0 radical (unpaired) electrons. The molecule has 2 atom stereocenters. The van der Waals surface area contributed by atoms with Crippen molar-refractivity contribution in [3.05, 3.63) is 65.5 Å². The Morgan fingerprint density at radius 3 is 2.26 bits per heavy atom. The molecule has 0 fully saturated rings. The molecule has 148 valence electrons. The molecule has 0 aliphatic heterocycles. The second kappa shape index (κ2) is 11.5. The summed E-state index contributed by atoms with van der Waals surface area (Å²) in [5.41, 5.74) is 7.45. The first kappa shape index (κ1) is 22.9. The lowest BCUT2D eigenvalue weighted by atomic mass is 9.98. The lowest BCUT2D eigenvalue weighted by Crippen LogP contribution is -2.35. The molecule has 7 heteroatoms. The third kappa shape index (κ3) is 7.17. The van der Waals surface area contributed by atoms with Gasteiger partial charge in [-0.15, -0.1) is 12.4 Å². The number of amides is 1. The van der Waals surface area contributed by atoms with Crippen molar-refractivity contribution >= 4 is 18.3 Å². The maximum absolute atomic E-state index is 13.2. The van der Waals surface area contributed by atoms with E-state index in [1.165, 1.54) is 19.2 Å². The summed E-state index contributed by atoms with van der Waals surface area (Å²) in [5.74, 6) is 0.304. The molecule has 2 rings (SSSR count). The Morgan fingerprint density at radius 2 is 1.74 bits per heavy atom. The van der Waals surface area contributed by atoms with Crippen molar-refractivity contribution in [2.24, 2.45) is 5.73 Å². The summed E-state index contributed by atoms with van der Waals surface area (Å²) >= 11 is 0. The minimum absolute atomic E-state index is 0. The molecule has 27 heavy (non-hydrogen) atoms. The predicted octanol–water partition coefficient (Wildman–Crippen LogP) is 3.02. The van der Waals surface area contributed by atoms with E-state index in [0.717, 1.165) is 16.9 Å². The van der Waals surface area contributed by atoms with Gasteiger partial charge in [-0.25, -0.2) is 4.39 Å². The monoisotopic (exact) mass is 396 g/mol. The molecule has 0 aliphatic rings.